The lowest BCUT2D eigenvalue weighted by molar-refractivity contribution is -0.146. The Balaban J connectivity index is 2.07. The molecule has 0 aliphatic carbocycles. The van der Waals surface area contributed by atoms with Gasteiger partial charge >= 0.3 is 12.1 Å². The van der Waals surface area contributed by atoms with E-state index in [1.165, 1.54) is 0 Å². The molecular formula is C12H12N2O4. The fraction of sp³-hybridized carbons (Fsp3) is 0.250. The normalized spacial score (nSPS) is 10.3. The monoisotopic (exact) mass is 248 g/mol. The summed E-state index contributed by atoms with van der Waals surface area (Å²) in [4.78, 5) is 22.8. The summed E-state index contributed by atoms with van der Waals surface area (Å²) in [6.07, 6.45) is 0.852. The van der Waals surface area contributed by atoms with Gasteiger partial charge < -0.3 is 9.47 Å². The minimum atomic E-state index is -0.704. The van der Waals surface area contributed by atoms with E-state index in [9.17, 15) is 9.59 Å². The first-order chi connectivity index (χ1) is 8.72. The van der Waals surface area contributed by atoms with E-state index in [1.54, 1.807) is 25.3 Å². The Morgan fingerprint density at radius 1 is 1.28 bits per heavy atom. The number of hydrogen-bond donors (Lipinski definition) is 0. The number of benzene rings is 1. The number of aromatic nitrogens is 2. The van der Waals surface area contributed by atoms with Crippen LogP contribution in [0.5, 0.6) is 0 Å². The van der Waals surface area contributed by atoms with Gasteiger partial charge in [-0.2, -0.15) is 9.78 Å². The van der Waals surface area contributed by atoms with Crippen LogP contribution in [0.25, 0.3) is 10.9 Å². The summed E-state index contributed by atoms with van der Waals surface area (Å²) < 4.78 is 10.6. The van der Waals surface area contributed by atoms with Gasteiger partial charge in [0.2, 0.25) is 0 Å². The lowest BCUT2D eigenvalue weighted by Gasteiger charge is -2.04. The number of nitrogens with zero attached hydrogens (tertiary/aromatic N) is 2. The molecule has 1 aromatic heterocycles. The summed E-state index contributed by atoms with van der Waals surface area (Å²) in [7, 11) is 0. The van der Waals surface area contributed by atoms with Crippen molar-refractivity contribution in [3.8, 4) is 0 Å². The second-order valence-corrected chi connectivity index (χ2v) is 3.47. The van der Waals surface area contributed by atoms with Gasteiger partial charge in [-0.3, -0.25) is 0 Å². The second kappa shape index (κ2) is 5.31. The summed E-state index contributed by atoms with van der Waals surface area (Å²) >= 11 is 0. The van der Waals surface area contributed by atoms with E-state index < -0.39 is 18.7 Å². The standard InChI is InChI=1S/C12H12N2O4/c1-2-17-11(15)8-18-12(16)14-10-6-4-3-5-9(10)7-13-14/h3-7H,2,8H2,1H3. The lowest BCUT2D eigenvalue weighted by Crippen LogP contribution is -2.20. The third-order valence-corrected chi connectivity index (χ3v) is 2.27. The van der Waals surface area contributed by atoms with Crippen molar-refractivity contribution in [2.24, 2.45) is 0 Å². The zero-order valence-corrected chi connectivity index (χ0v) is 9.83. The zero-order chi connectivity index (χ0) is 13.0. The van der Waals surface area contributed by atoms with Crippen molar-refractivity contribution >= 4 is 23.0 Å². The van der Waals surface area contributed by atoms with Crippen molar-refractivity contribution in [2.45, 2.75) is 6.92 Å². The zero-order valence-electron chi connectivity index (χ0n) is 9.83. The van der Waals surface area contributed by atoms with E-state index in [1.807, 2.05) is 12.1 Å². The Labute approximate surface area is 103 Å². The number of para-hydroxylation sites is 1. The van der Waals surface area contributed by atoms with Crippen molar-refractivity contribution in [1.29, 1.82) is 0 Å². The fourth-order valence-electron chi connectivity index (χ4n) is 1.50. The Morgan fingerprint density at radius 2 is 2.06 bits per heavy atom. The van der Waals surface area contributed by atoms with Crippen molar-refractivity contribution < 1.29 is 19.1 Å². The molecule has 6 nitrogen and oxygen atoms in total. The van der Waals surface area contributed by atoms with Gasteiger partial charge in [0.1, 0.15) is 0 Å². The number of esters is 1. The topological polar surface area (TPSA) is 70.4 Å². The molecule has 2 aromatic rings. The summed E-state index contributed by atoms with van der Waals surface area (Å²) in [6, 6.07) is 7.21. The van der Waals surface area contributed by atoms with Gasteiger partial charge in [-0.25, -0.2) is 9.59 Å². The Bertz CT molecular complexity index is 576. The summed E-state index contributed by atoms with van der Waals surface area (Å²) in [5, 5.41) is 4.73. The van der Waals surface area contributed by atoms with E-state index in [0.717, 1.165) is 10.1 Å². The Morgan fingerprint density at radius 3 is 2.83 bits per heavy atom. The van der Waals surface area contributed by atoms with Crippen LogP contribution in [0, 0.1) is 0 Å². The molecule has 0 atom stereocenters. The highest BCUT2D eigenvalue weighted by Gasteiger charge is 2.13. The van der Waals surface area contributed by atoms with Crippen molar-refractivity contribution in [3.63, 3.8) is 0 Å². The van der Waals surface area contributed by atoms with Gasteiger partial charge in [0.15, 0.2) is 6.61 Å². The second-order valence-electron chi connectivity index (χ2n) is 3.47. The van der Waals surface area contributed by atoms with Crippen LogP contribution in [-0.2, 0) is 14.3 Å². The molecule has 0 saturated heterocycles. The number of hydrogen-bond acceptors (Lipinski definition) is 5. The van der Waals surface area contributed by atoms with Gasteiger partial charge in [-0.05, 0) is 13.0 Å². The van der Waals surface area contributed by atoms with Gasteiger partial charge in [-0.15, -0.1) is 0 Å². The molecule has 0 radical (unpaired) electrons. The molecule has 1 aromatic carbocycles. The minimum Gasteiger partial charge on any atom is -0.463 e. The van der Waals surface area contributed by atoms with Crippen LogP contribution in [0.2, 0.25) is 0 Å². The maximum absolute atomic E-state index is 11.7. The average molecular weight is 248 g/mol. The first kappa shape index (κ1) is 12.1. The summed E-state index contributed by atoms with van der Waals surface area (Å²) in [5.74, 6) is -0.581. The molecule has 0 aliphatic heterocycles. The average Bonchev–Trinajstić information content (AvgIpc) is 2.80. The van der Waals surface area contributed by atoms with E-state index in [4.69, 9.17) is 4.74 Å². The molecule has 0 spiro atoms. The van der Waals surface area contributed by atoms with Crippen molar-refractivity contribution in [3.05, 3.63) is 30.5 Å². The van der Waals surface area contributed by atoms with Crippen LogP contribution in [0.3, 0.4) is 0 Å². The Kier molecular flexibility index (Phi) is 3.57. The maximum atomic E-state index is 11.7. The molecule has 94 valence electrons. The highest BCUT2D eigenvalue weighted by atomic mass is 16.6. The van der Waals surface area contributed by atoms with Gasteiger partial charge in [-0.1, -0.05) is 18.2 Å². The van der Waals surface area contributed by atoms with E-state index in [2.05, 4.69) is 9.84 Å². The van der Waals surface area contributed by atoms with Gasteiger partial charge in [0.25, 0.3) is 0 Å². The van der Waals surface area contributed by atoms with Crippen LogP contribution >= 0.6 is 0 Å². The molecule has 6 heteroatoms. The highest BCUT2D eigenvalue weighted by molar-refractivity contribution is 5.88. The number of carbonyl (C=O) groups is 2. The van der Waals surface area contributed by atoms with Crippen LogP contribution in [0.4, 0.5) is 4.79 Å². The molecule has 0 bridgehead atoms. The van der Waals surface area contributed by atoms with Crippen molar-refractivity contribution in [2.75, 3.05) is 13.2 Å². The Hall–Kier alpha value is -2.37. The first-order valence-electron chi connectivity index (χ1n) is 5.48. The van der Waals surface area contributed by atoms with E-state index in [-0.39, 0.29) is 6.61 Å². The quantitative estimate of drug-likeness (QED) is 0.771. The molecule has 18 heavy (non-hydrogen) atoms. The predicted octanol–water partition coefficient (Wildman–Crippen LogP) is 1.58. The first-order valence-corrected chi connectivity index (χ1v) is 5.48. The third-order valence-electron chi connectivity index (χ3n) is 2.27. The molecule has 1 heterocycles. The highest BCUT2D eigenvalue weighted by Crippen LogP contribution is 2.12. The molecule has 2 rings (SSSR count). The van der Waals surface area contributed by atoms with Crippen molar-refractivity contribution in [1.82, 2.24) is 9.78 Å². The third kappa shape index (κ3) is 2.48. The SMILES string of the molecule is CCOC(=O)COC(=O)n1ncc2ccccc21. The molecule has 0 amide bonds. The van der Waals surface area contributed by atoms with E-state index in [0.29, 0.717) is 5.52 Å². The number of fused-ring (bicyclic) bond motifs is 1. The fourth-order valence-corrected chi connectivity index (χ4v) is 1.50. The van der Waals surface area contributed by atoms with Gasteiger partial charge in [0.05, 0.1) is 18.3 Å². The minimum absolute atomic E-state index is 0.251. The number of carbonyl (C=O) groups excluding carboxylic acids is 2. The number of ether oxygens (including phenoxy) is 2. The molecule has 0 fully saturated rings. The van der Waals surface area contributed by atoms with Crippen LogP contribution in [0.15, 0.2) is 30.5 Å². The molecule has 0 aliphatic rings. The molecular weight excluding hydrogens is 236 g/mol. The van der Waals surface area contributed by atoms with Gasteiger partial charge in [0, 0.05) is 5.39 Å². The largest absolute Gasteiger partial charge is 0.463 e. The molecule has 0 unspecified atom stereocenters. The molecule has 0 N–H and O–H groups in total. The molecule has 0 saturated carbocycles. The number of rotatable bonds is 3. The van der Waals surface area contributed by atoms with E-state index >= 15 is 0 Å². The van der Waals surface area contributed by atoms with Crippen LogP contribution < -0.4 is 0 Å². The maximum Gasteiger partial charge on any atom is 0.435 e. The van der Waals surface area contributed by atoms with Crippen LogP contribution in [0.1, 0.15) is 6.92 Å². The summed E-state index contributed by atoms with van der Waals surface area (Å²) in [6.45, 7) is 1.52. The smallest absolute Gasteiger partial charge is 0.435 e. The summed E-state index contributed by atoms with van der Waals surface area (Å²) in [5.41, 5.74) is 0.631. The lowest BCUT2D eigenvalue weighted by atomic mass is 10.3. The predicted molar refractivity (Wildman–Crippen MR) is 63.1 cm³/mol. The van der Waals surface area contributed by atoms with Crippen LogP contribution in [-0.4, -0.2) is 35.1 Å².